The molecule has 2 fully saturated rings. The Morgan fingerprint density at radius 3 is 2.82 bits per heavy atom. The third-order valence-corrected chi connectivity index (χ3v) is 3.97. The van der Waals surface area contributed by atoms with Crippen molar-refractivity contribution in [1.29, 1.82) is 0 Å². The molecular formula is C14H28N2O. The largest absolute Gasteiger partial charge is 0.378 e. The van der Waals surface area contributed by atoms with Gasteiger partial charge in [0.15, 0.2) is 0 Å². The fourth-order valence-corrected chi connectivity index (χ4v) is 3.03. The molecule has 2 saturated heterocycles. The lowest BCUT2D eigenvalue weighted by molar-refractivity contribution is 0.0906. The summed E-state index contributed by atoms with van der Waals surface area (Å²) in [5.74, 6) is 0. The molecule has 0 aliphatic carbocycles. The van der Waals surface area contributed by atoms with Crippen LogP contribution in [0.25, 0.3) is 0 Å². The molecule has 2 aliphatic heterocycles. The highest BCUT2D eigenvalue weighted by Crippen LogP contribution is 2.16. The summed E-state index contributed by atoms with van der Waals surface area (Å²) in [5, 5.41) is 3.60. The van der Waals surface area contributed by atoms with Gasteiger partial charge >= 0.3 is 0 Å². The fourth-order valence-electron chi connectivity index (χ4n) is 3.03. The summed E-state index contributed by atoms with van der Waals surface area (Å²) in [6.07, 6.45) is 8.30. The Bertz CT molecular complexity index is 198. The van der Waals surface area contributed by atoms with E-state index in [1.807, 2.05) is 0 Å². The molecule has 0 aromatic carbocycles. The summed E-state index contributed by atoms with van der Waals surface area (Å²) in [6.45, 7) is 8.18. The average Bonchev–Trinajstić information content (AvgIpc) is 2.99. The molecule has 2 heterocycles. The number of hydrogen-bond donors (Lipinski definition) is 1. The van der Waals surface area contributed by atoms with E-state index in [-0.39, 0.29) is 0 Å². The molecule has 17 heavy (non-hydrogen) atoms. The van der Waals surface area contributed by atoms with Gasteiger partial charge in [0.2, 0.25) is 0 Å². The molecule has 2 atom stereocenters. The van der Waals surface area contributed by atoms with Crippen LogP contribution in [0.3, 0.4) is 0 Å². The van der Waals surface area contributed by atoms with Crippen LogP contribution in [0.2, 0.25) is 0 Å². The second-order valence-corrected chi connectivity index (χ2v) is 5.52. The van der Waals surface area contributed by atoms with Gasteiger partial charge in [-0.1, -0.05) is 6.92 Å². The molecule has 2 rings (SSSR count). The lowest BCUT2D eigenvalue weighted by atomic mass is 10.1. The smallest absolute Gasteiger partial charge is 0.0588 e. The molecule has 2 unspecified atom stereocenters. The Morgan fingerprint density at radius 1 is 1.24 bits per heavy atom. The maximum atomic E-state index is 5.71. The lowest BCUT2D eigenvalue weighted by Gasteiger charge is -2.26. The number of rotatable bonds is 7. The maximum absolute atomic E-state index is 5.71. The van der Waals surface area contributed by atoms with Gasteiger partial charge in [-0.2, -0.15) is 0 Å². The zero-order chi connectivity index (χ0) is 11.9. The Balaban J connectivity index is 1.67. The van der Waals surface area contributed by atoms with Crippen molar-refractivity contribution in [2.45, 2.75) is 57.6 Å². The van der Waals surface area contributed by atoms with Gasteiger partial charge in [0.1, 0.15) is 0 Å². The van der Waals surface area contributed by atoms with E-state index in [4.69, 9.17) is 4.74 Å². The van der Waals surface area contributed by atoms with Crippen molar-refractivity contribution in [3.8, 4) is 0 Å². The molecule has 0 aromatic heterocycles. The molecule has 0 radical (unpaired) electrons. The van der Waals surface area contributed by atoms with E-state index in [1.165, 1.54) is 64.7 Å². The molecule has 0 amide bonds. The minimum Gasteiger partial charge on any atom is -0.378 e. The first kappa shape index (κ1) is 13.3. The molecule has 1 N–H and O–H groups in total. The van der Waals surface area contributed by atoms with Crippen LogP contribution in [0.5, 0.6) is 0 Å². The van der Waals surface area contributed by atoms with Crippen molar-refractivity contribution >= 4 is 0 Å². The van der Waals surface area contributed by atoms with Crippen LogP contribution in [0, 0.1) is 0 Å². The summed E-state index contributed by atoms with van der Waals surface area (Å²) in [7, 11) is 0. The molecule has 2 aliphatic rings. The predicted molar refractivity (Wildman–Crippen MR) is 71.3 cm³/mol. The first-order valence-corrected chi connectivity index (χ1v) is 7.46. The van der Waals surface area contributed by atoms with E-state index >= 15 is 0 Å². The highest BCUT2D eigenvalue weighted by Gasteiger charge is 2.20. The van der Waals surface area contributed by atoms with Gasteiger partial charge in [0.25, 0.3) is 0 Å². The van der Waals surface area contributed by atoms with Gasteiger partial charge in [-0.15, -0.1) is 0 Å². The second kappa shape index (κ2) is 7.34. The zero-order valence-corrected chi connectivity index (χ0v) is 11.3. The van der Waals surface area contributed by atoms with Crippen molar-refractivity contribution in [2.75, 3.05) is 32.8 Å². The van der Waals surface area contributed by atoms with Crippen LogP contribution in [-0.4, -0.2) is 49.8 Å². The zero-order valence-electron chi connectivity index (χ0n) is 11.3. The number of hydrogen-bond acceptors (Lipinski definition) is 3. The minimum atomic E-state index is 0.547. The van der Waals surface area contributed by atoms with Crippen LogP contribution in [0.1, 0.15) is 45.4 Å². The van der Waals surface area contributed by atoms with Crippen LogP contribution in [-0.2, 0) is 4.74 Å². The highest BCUT2D eigenvalue weighted by atomic mass is 16.5. The maximum Gasteiger partial charge on any atom is 0.0588 e. The summed E-state index contributed by atoms with van der Waals surface area (Å²) >= 11 is 0. The van der Waals surface area contributed by atoms with E-state index in [0.29, 0.717) is 6.10 Å². The summed E-state index contributed by atoms with van der Waals surface area (Å²) in [5.41, 5.74) is 0. The van der Waals surface area contributed by atoms with Gasteiger partial charge in [-0.25, -0.2) is 0 Å². The normalized spacial score (nSPS) is 29.3. The van der Waals surface area contributed by atoms with Gasteiger partial charge in [-0.3, -0.25) is 0 Å². The summed E-state index contributed by atoms with van der Waals surface area (Å²) in [4.78, 5) is 2.63. The molecule has 0 spiro atoms. The Kier molecular flexibility index (Phi) is 5.75. The van der Waals surface area contributed by atoms with Gasteiger partial charge in [0, 0.05) is 25.7 Å². The standard InChI is InChI=1S/C14H28N2O/c1-2-9-16(12-13-5-3-8-15-13)10-7-14-6-4-11-17-14/h13-15H,2-12H2,1H3. The average molecular weight is 240 g/mol. The van der Waals surface area contributed by atoms with Crippen LogP contribution >= 0.6 is 0 Å². The number of ether oxygens (including phenoxy) is 1. The Hall–Kier alpha value is -0.120. The number of nitrogens with zero attached hydrogens (tertiary/aromatic N) is 1. The van der Waals surface area contributed by atoms with Crippen LogP contribution in [0.15, 0.2) is 0 Å². The molecule has 0 aromatic rings. The quantitative estimate of drug-likeness (QED) is 0.737. The lowest BCUT2D eigenvalue weighted by Crippen LogP contribution is -2.39. The molecule has 0 saturated carbocycles. The Morgan fingerprint density at radius 2 is 2.18 bits per heavy atom. The van der Waals surface area contributed by atoms with Gasteiger partial charge < -0.3 is 15.0 Å². The van der Waals surface area contributed by atoms with Crippen molar-refractivity contribution < 1.29 is 4.74 Å². The molecule has 3 heteroatoms. The first-order chi connectivity index (χ1) is 8.38. The number of nitrogens with one attached hydrogen (secondary N) is 1. The SMILES string of the molecule is CCCN(CCC1CCCO1)CC1CCCN1. The summed E-state index contributed by atoms with van der Waals surface area (Å²) in [6, 6.07) is 0.742. The second-order valence-electron chi connectivity index (χ2n) is 5.52. The third-order valence-electron chi connectivity index (χ3n) is 3.97. The minimum absolute atomic E-state index is 0.547. The van der Waals surface area contributed by atoms with Gasteiger partial charge in [-0.05, 0) is 51.6 Å². The van der Waals surface area contributed by atoms with Crippen LogP contribution < -0.4 is 5.32 Å². The van der Waals surface area contributed by atoms with E-state index in [1.54, 1.807) is 0 Å². The molecular weight excluding hydrogens is 212 g/mol. The van der Waals surface area contributed by atoms with Gasteiger partial charge in [0.05, 0.1) is 6.10 Å². The van der Waals surface area contributed by atoms with Crippen molar-refractivity contribution in [2.24, 2.45) is 0 Å². The van der Waals surface area contributed by atoms with E-state index in [0.717, 1.165) is 12.6 Å². The molecule has 0 bridgehead atoms. The predicted octanol–water partition coefficient (Wildman–Crippen LogP) is 2.02. The third kappa shape index (κ3) is 4.57. The van der Waals surface area contributed by atoms with Crippen molar-refractivity contribution in [3.63, 3.8) is 0 Å². The van der Waals surface area contributed by atoms with E-state index < -0.39 is 0 Å². The topological polar surface area (TPSA) is 24.5 Å². The van der Waals surface area contributed by atoms with Crippen molar-refractivity contribution in [3.05, 3.63) is 0 Å². The van der Waals surface area contributed by atoms with Crippen LogP contribution in [0.4, 0.5) is 0 Å². The fraction of sp³-hybridized carbons (Fsp3) is 1.00. The first-order valence-electron chi connectivity index (χ1n) is 7.46. The van der Waals surface area contributed by atoms with E-state index in [2.05, 4.69) is 17.1 Å². The van der Waals surface area contributed by atoms with Crippen molar-refractivity contribution in [1.82, 2.24) is 10.2 Å². The van der Waals surface area contributed by atoms with E-state index in [9.17, 15) is 0 Å². The molecule has 3 nitrogen and oxygen atoms in total. The molecule has 100 valence electrons. The Labute approximate surface area is 106 Å². The highest BCUT2D eigenvalue weighted by molar-refractivity contribution is 4.78. The monoisotopic (exact) mass is 240 g/mol. The summed E-state index contributed by atoms with van der Waals surface area (Å²) < 4.78 is 5.71.